The summed E-state index contributed by atoms with van der Waals surface area (Å²) >= 11 is 11.9. The molecule has 0 radical (unpaired) electrons. The summed E-state index contributed by atoms with van der Waals surface area (Å²) < 4.78 is 0. The van der Waals surface area contributed by atoms with Gasteiger partial charge in [-0.15, -0.1) is 0 Å². The van der Waals surface area contributed by atoms with Crippen molar-refractivity contribution >= 4 is 46.2 Å². The number of benzene rings is 2. The summed E-state index contributed by atoms with van der Waals surface area (Å²) in [6.45, 7) is 1.63. The van der Waals surface area contributed by atoms with Crippen LogP contribution in [0.4, 0.5) is 17.1 Å². The molecular formula is C15H13Cl2N3O3. The average molecular weight is 354 g/mol. The van der Waals surface area contributed by atoms with Crippen molar-refractivity contribution in [2.45, 2.75) is 13.0 Å². The smallest absolute Gasteiger partial charge is 0.271 e. The molecule has 2 aromatic carbocycles. The second kappa shape index (κ2) is 7.30. The van der Waals surface area contributed by atoms with E-state index >= 15 is 0 Å². The first-order chi connectivity index (χ1) is 10.9. The van der Waals surface area contributed by atoms with Crippen LogP contribution < -0.4 is 10.6 Å². The molecule has 0 saturated carbocycles. The molecule has 0 saturated heterocycles. The summed E-state index contributed by atoms with van der Waals surface area (Å²) in [4.78, 5) is 22.4. The molecule has 0 unspecified atom stereocenters. The molecule has 0 aliphatic heterocycles. The van der Waals surface area contributed by atoms with Crippen molar-refractivity contribution in [2.75, 3.05) is 10.6 Å². The SMILES string of the molecule is C[C@H](Nc1cccc([N+](=O)[O-])c1)C(=O)Nc1cc(Cl)ccc1Cl. The van der Waals surface area contributed by atoms with Gasteiger partial charge in [0.1, 0.15) is 6.04 Å². The number of carbonyl (C=O) groups excluding carboxylic acids is 1. The summed E-state index contributed by atoms with van der Waals surface area (Å²) in [5.41, 5.74) is 0.816. The van der Waals surface area contributed by atoms with Crippen molar-refractivity contribution in [2.24, 2.45) is 0 Å². The highest BCUT2D eigenvalue weighted by Gasteiger charge is 2.15. The van der Waals surface area contributed by atoms with Crippen molar-refractivity contribution in [3.63, 3.8) is 0 Å². The Hall–Kier alpha value is -2.31. The molecule has 0 spiro atoms. The predicted molar refractivity (Wildman–Crippen MR) is 91.3 cm³/mol. The third-order valence-electron chi connectivity index (χ3n) is 3.02. The Morgan fingerprint density at radius 3 is 2.65 bits per heavy atom. The number of nitro groups is 1. The number of non-ortho nitro benzene ring substituents is 1. The minimum atomic E-state index is -0.632. The number of nitrogens with one attached hydrogen (secondary N) is 2. The van der Waals surface area contributed by atoms with Gasteiger partial charge in [-0.3, -0.25) is 14.9 Å². The van der Waals surface area contributed by atoms with Gasteiger partial charge in [-0.25, -0.2) is 0 Å². The van der Waals surface area contributed by atoms with Crippen molar-refractivity contribution in [3.05, 3.63) is 62.6 Å². The van der Waals surface area contributed by atoms with Gasteiger partial charge >= 0.3 is 0 Å². The van der Waals surface area contributed by atoms with Crippen LogP contribution in [0.3, 0.4) is 0 Å². The fourth-order valence-corrected chi connectivity index (χ4v) is 2.20. The molecule has 8 heteroatoms. The molecule has 1 atom stereocenters. The van der Waals surface area contributed by atoms with Gasteiger partial charge in [0.2, 0.25) is 5.91 Å². The minimum absolute atomic E-state index is 0.0551. The van der Waals surface area contributed by atoms with E-state index in [0.717, 1.165) is 0 Å². The number of halogens is 2. The molecule has 0 bridgehead atoms. The van der Waals surface area contributed by atoms with Gasteiger partial charge in [-0.05, 0) is 31.2 Å². The quantitative estimate of drug-likeness (QED) is 0.618. The number of rotatable bonds is 5. The van der Waals surface area contributed by atoms with Gasteiger partial charge in [0.05, 0.1) is 15.6 Å². The maximum absolute atomic E-state index is 12.2. The minimum Gasteiger partial charge on any atom is -0.374 e. The number of carbonyl (C=O) groups is 1. The lowest BCUT2D eigenvalue weighted by molar-refractivity contribution is -0.384. The Labute approximate surface area is 142 Å². The highest BCUT2D eigenvalue weighted by molar-refractivity contribution is 6.35. The fraction of sp³-hybridized carbons (Fsp3) is 0.133. The first-order valence-corrected chi connectivity index (χ1v) is 7.39. The van der Waals surface area contributed by atoms with E-state index in [2.05, 4.69) is 10.6 Å². The number of hydrogen-bond acceptors (Lipinski definition) is 4. The molecule has 0 heterocycles. The number of nitro benzene ring substituents is 1. The molecule has 0 aromatic heterocycles. The zero-order valence-corrected chi connectivity index (χ0v) is 13.6. The molecular weight excluding hydrogens is 341 g/mol. The average Bonchev–Trinajstić information content (AvgIpc) is 2.51. The number of hydrogen-bond donors (Lipinski definition) is 2. The van der Waals surface area contributed by atoms with Crippen LogP contribution >= 0.6 is 23.2 Å². The third kappa shape index (κ3) is 4.58. The van der Waals surface area contributed by atoms with Crippen LogP contribution in [0.2, 0.25) is 10.0 Å². The lowest BCUT2D eigenvalue weighted by Gasteiger charge is -2.16. The van der Waals surface area contributed by atoms with Crippen LogP contribution in [0.5, 0.6) is 0 Å². The van der Waals surface area contributed by atoms with Crippen LogP contribution in [-0.4, -0.2) is 16.9 Å². The van der Waals surface area contributed by atoms with Gasteiger partial charge < -0.3 is 10.6 Å². The molecule has 0 aliphatic carbocycles. The van der Waals surface area contributed by atoms with Crippen LogP contribution in [-0.2, 0) is 4.79 Å². The van der Waals surface area contributed by atoms with E-state index in [4.69, 9.17) is 23.2 Å². The third-order valence-corrected chi connectivity index (χ3v) is 3.58. The first-order valence-electron chi connectivity index (χ1n) is 6.63. The molecule has 2 N–H and O–H groups in total. The summed E-state index contributed by atoms with van der Waals surface area (Å²) in [6.07, 6.45) is 0. The predicted octanol–water partition coefficient (Wildman–Crippen LogP) is 4.34. The van der Waals surface area contributed by atoms with Gasteiger partial charge in [0, 0.05) is 22.8 Å². The monoisotopic (exact) mass is 353 g/mol. The Balaban J connectivity index is 2.07. The Kier molecular flexibility index (Phi) is 5.41. The second-order valence-corrected chi connectivity index (χ2v) is 5.63. The summed E-state index contributed by atoms with van der Waals surface area (Å²) in [5, 5.41) is 17.1. The van der Waals surface area contributed by atoms with Crippen LogP contribution in [0.25, 0.3) is 0 Å². The maximum Gasteiger partial charge on any atom is 0.271 e. The van der Waals surface area contributed by atoms with E-state index < -0.39 is 11.0 Å². The normalized spacial score (nSPS) is 11.6. The van der Waals surface area contributed by atoms with E-state index in [0.29, 0.717) is 21.4 Å². The van der Waals surface area contributed by atoms with Crippen molar-refractivity contribution < 1.29 is 9.72 Å². The van der Waals surface area contributed by atoms with Crippen molar-refractivity contribution in [1.82, 2.24) is 0 Å². The molecule has 0 fully saturated rings. The molecule has 6 nitrogen and oxygen atoms in total. The first kappa shape index (κ1) is 17.1. The molecule has 1 amide bonds. The van der Waals surface area contributed by atoms with Gasteiger partial charge in [0.25, 0.3) is 5.69 Å². The number of amides is 1. The van der Waals surface area contributed by atoms with E-state index in [1.54, 1.807) is 37.3 Å². The lowest BCUT2D eigenvalue weighted by atomic mass is 10.2. The van der Waals surface area contributed by atoms with Gasteiger partial charge in [0.15, 0.2) is 0 Å². The Morgan fingerprint density at radius 1 is 1.22 bits per heavy atom. The summed E-state index contributed by atoms with van der Waals surface area (Å²) in [7, 11) is 0. The van der Waals surface area contributed by atoms with E-state index in [1.165, 1.54) is 12.1 Å². The maximum atomic E-state index is 12.2. The van der Waals surface area contributed by atoms with E-state index in [9.17, 15) is 14.9 Å². The zero-order chi connectivity index (χ0) is 17.0. The number of anilines is 2. The molecule has 120 valence electrons. The van der Waals surface area contributed by atoms with Crippen LogP contribution in [0.1, 0.15) is 6.92 Å². The van der Waals surface area contributed by atoms with Crippen molar-refractivity contribution in [1.29, 1.82) is 0 Å². The second-order valence-electron chi connectivity index (χ2n) is 4.79. The highest BCUT2D eigenvalue weighted by Crippen LogP contribution is 2.25. The summed E-state index contributed by atoms with van der Waals surface area (Å²) in [5.74, 6) is -0.347. The number of nitrogens with zero attached hydrogens (tertiary/aromatic N) is 1. The van der Waals surface area contributed by atoms with Gasteiger partial charge in [-0.1, -0.05) is 29.3 Å². The fourth-order valence-electron chi connectivity index (χ4n) is 1.86. The van der Waals surface area contributed by atoms with Crippen LogP contribution in [0.15, 0.2) is 42.5 Å². The largest absolute Gasteiger partial charge is 0.374 e. The summed E-state index contributed by atoms with van der Waals surface area (Å²) in [6, 6.07) is 10.0. The Morgan fingerprint density at radius 2 is 1.96 bits per heavy atom. The zero-order valence-electron chi connectivity index (χ0n) is 12.0. The lowest BCUT2D eigenvalue weighted by Crippen LogP contribution is -2.31. The van der Waals surface area contributed by atoms with E-state index in [1.807, 2.05) is 0 Å². The van der Waals surface area contributed by atoms with Gasteiger partial charge in [-0.2, -0.15) is 0 Å². The highest BCUT2D eigenvalue weighted by atomic mass is 35.5. The Bertz CT molecular complexity index is 752. The topological polar surface area (TPSA) is 84.3 Å². The van der Waals surface area contributed by atoms with E-state index in [-0.39, 0.29) is 11.6 Å². The molecule has 23 heavy (non-hydrogen) atoms. The molecule has 2 aromatic rings. The molecule has 2 rings (SSSR count). The van der Waals surface area contributed by atoms with Crippen molar-refractivity contribution in [3.8, 4) is 0 Å². The standard InChI is InChI=1S/C15H13Cl2N3O3/c1-9(18-11-3-2-4-12(8-11)20(22)23)15(21)19-14-7-10(16)5-6-13(14)17/h2-9,18H,1H3,(H,19,21)/t9-/m0/s1. The van der Waals surface area contributed by atoms with Crippen LogP contribution in [0, 0.1) is 10.1 Å². The molecule has 0 aliphatic rings.